The standard InChI is InChI=1S/C12H17BF3O2.K/c1-3-7-17-11-6-5-10(13(14,15)16)9-12(11)18-8-4-2;/h5-6,9H,3-4,7-8H2,1-2H3;/q-1;+1. The third-order valence-corrected chi connectivity index (χ3v) is 2.27. The summed E-state index contributed by atoms with van der Waals surface area (Å²) in [7, 11) is 0. The molecule has 0 saturated carbocycles. The zero-order valence-electron chi connectivity index (χ0n) is 11.6. The van der Waals surface area contributed by atoms with Gasteiger partial charge in [-0.1, -0.05) is 19.9 Å². The van der Waals surface area contributed by atoms with Crippen molar-refractivity contribution in [1.29, 1.82) is 0 Å². The molecule has 0 unspecified atom stereocenters. The van der Waals surface area contributed by atoms with E-state index in [9.17, 15) is 12.9 Å². The van der Waals surface area contributed by atoms with Crippen molar-refractivity contribution in [2.75, 3.05) is 13.2 Å². The third kappa shape index (κ3) is 6.53. The van der Waals surface area contributed by atoms with Gasteiger partial charge in [-0.3, -0.25) is 0 Å². The Morgan fingerprint density at radius 3 is 1.95 bits per heavy atom. The van der Waals surface area contributed by atoms with Gasteiger partial charge in [-0.05, 0) is 25.0 Å². The van der Waals surface area contributed by atoms with Gasteiger partial charge in [-0.15, -0.1) is 5.46 Å². The van der Waals surface area contributed by atoms with Crippen LogP contribution in [0, 0.1) is 0 Å². The summed E-state index contributed by atoms with van der Waals surface area (Å²) in [6.07, 6.45) is 1.52. The van der Waals surface area contributed by atoms with E-state index in [1.54, 1.807) is 0 Å². The second-order valence-corrected chi connectivity index (χ2v) is 3.98. The fourth-order valence-electron chi connectivity index (χ4n) is 1.38. The van der Waals surface area contributed by atoms with Crippen LogP contribution in [0.3, 0.4) is 0 Å². The predicted molar refractivity (Wildman–Crippen MR) is 66.7 cm³/mol. The smallest absolute Gasteiger partial charge is 0.490 e. The van der Waals surface area contributed by atoms with E-state index in [1.807, 2.05) is 13.8 Å². The van der Waals surface area contributed by atoms with Gasteiger partial charge in [-0.25, -0.2) is 0 Å². The third-order valence-electron chi connectivity index (χ3n) is 2.27. The van der Waals surface area contributed by atoms with Gasteiger partial charge in [0.2, 0.25) is 0 Å². The van der Waals surface area contributed by atoms with Crippen molar-refractivity contribution in [3.05, 3.63) is 18.2 Å². The number of rotatable bonds is 7. The van der Waals surface area contributed by atoms with Crippen molar-refractivity contribution in [3.63, 3.8) is 0 Å². The molecule has 0 fully saturated rings. The first kappa shape index (κ1) is 19.3. The van der Waals surface area contributed by atoms with Gasteiger partial charge in [0.1, 0.15) is 0 Å². The fraction of sp³-hybridized carbons (Fsp3) is 0.500. The Hall–Kier alpha value is 0.311. The first-order valence-electron chi connectivity index (χ1n) is 6.08. The van der Waals surface area contributed by atoms with E-state index < -0.39 is 12.4 Å². The molecular formula is C12H17BF3KO2. The molecule has 0 aromatic heterocycles. The number of benzene rings is 1. The molecule has 0 N–H and O–H groups in total. The summed E-state index contributed by atoms with van der Waals surface area (Å²) in [5.74, 6) is 0.538. The Kier molecular flexibility index (Phi) is 9.44. The van der Waals surface area contributed by atoms with Gasteiger partial charge in [0.15, 0.2) is 11.5 Å². The zero-order chi connectivity index (χ0) is 13.6. The summed E-state index contributed by atoms with van der Waals surface area (Å²) in [4.78, 5) is 0. The molecule has 0 aliphatic rings. The topological polar surface area (TPSA) is 18.5 Å². The molecule has 2 nitrogen and oxygen atoms in total. The second kappa shape index (κ2) is 9.28. The summed E-state index contributed by atoms with van der Waals surface area (Å²) in [6, 6.07) is 3.37. The number of hydrogen-bond acceptors (Lipinski definition) is 2. The maximum atomic E-state index is 12.6. The SMILES string of the molecule is CCCOc1ccc([B-](F)(F)F)cc1OCCC.[K+]. The van der Waals surface area contributed by atoms with Gasteiger partial charge in [0, 0.05) is 0 Å². The maximum Gasteiger partial charge on any atom is 1.00 e. The van der Waals surface area contributed by atoms with Crippen LogP contribution in [0.1, 0.15) is 26.7 Å². The Morgan fingerprint density at radius 1 is 0.947 bits per heavy atom. The van der Waals surface area contributed by atoms with Crippen molar-refractivity contribution in [3.8, 4) is 11.5 Å². The summed E-state index contributed by atoms with van der Waals surface area (Å²) < 4.78 is 48.6. The van der Waals surface area contributed by atoms with Crippen molar-refractivity contribution < 1.29 is 73.8 Å². The van der Waals surface area contributed by atoms with Crippen molar-refractivity contribution in [2.24, 2.45) is 0 Å². The fourth-order valence-corrected chi connectivity index (χ4v) is 1.38. The van der Waals surface area contributed by atoms with Crippen LogP contribution in [0.15, 0.2) is 18.2 Å². The Labute approximate surface area is 154 Å². The van der Waals surface area contributed by atoms with E-state index in [4.69, 9.17) is 9.47 Å². The van der Waals surface area contributed by atoms with E-state index in [0.29, 0.717) is 19.0 Å². The Balaban J connectivity index is 0.00000324. The molecule has 0 saturated heterocycles. The van der Waals surface area contributed by atoms with Gasteiger partial charge in [0.25, 0.3) is 0 Å². The molecule has 0 spiro atoms. The first-order chi connectivity index (χ1) is 8.49. The van der Waals surface area contributed by atoms with Crippen LogP contribution < -0.4 is 66.3 Å². The molecular weight excluding hydrogens is 283 g/mol. The largest absolute Gasteiger partial charge is 1.00 e. The van der Waals surface area contributed by atoms with E-state index in [-0.39, 0.29) is 57.1 Å². The van der Waals surface area contributed by atoms with E-state index in [0.717, 1.165) is 25.0 Å². The van der Waals surface area contributed by atoms with E-state index in [2.05, 4.69) is 0 Å². The molecule has 0 radical (unpaired) electrons. The minimum absolute atomic E-state index is 0. The van der Waals surface area contributed by atoms with Gasteiger partial charge in [0.05, 0.1) is 13.2 Å². The Morgan fingerprint density at radius 2 is 1.47 bits per heavy atom. The molecule has 19 heavy (non-hydrogen) atoms. The van der Waals surface area contributed by atoms with E-state index >= 15 is 0 Å². The molecule has 7 heteroatoms. The van der Waals surface area contributed by atoms with E-state index in [1.165, 1.54) is 6.07 Å². The first-order valence-corrected chi connectivity index (χ1v) is 6.08. The molecule has 1 aromatic carbocycles. The molecule has 1 rings (SSSR count). The summed E-state index contributed by atoms with van der Waals surface area (Å²) in [6.45, 7) is -0.357. The maximum absolute atomic E-state index is 12.6. The monoisotopic (exact) mass is 300 g/mol. The average Bonchev–Trinajstić information content (AvgIpc) is 2.33. The normalized spacial score (nSPS) is 10.8. The van der Waals surface area contributed by atoms with Crippen LogP contribution in [0.5, 0.6) is 11.5 Å². The van der Waals surface area contributed by atoms with Gasteiger partial charge >= 0.3 is 58.4 Å². The number of ether oxygens (including phenoxy) is 2. The van der Waals surface area contributed by atoms with Crippen LogP contribution in [0.25, 0.3) is 0 Å². The minimum Gasteiger partial charge on any atom is -0.490 e. The second-order valence-electron chi connectivity index (χ2n) is 3.98. The predicted octanol–water partition coefficient (Wildman–Crippen LogP) is 0.323. The van der Waals surface area contributed by atoms with Crippen LogP contribution in [-0.2, 0) is 0 Å². The molecule has 0 aliphatic heterocycles. The Bertz CT molecular complexity index is 386. The summed E-state index contributed by atoms with van der Waals surface area (Å²) in [5, 5.41) is 0. The van der Waals surface area contributed by atoms with Gasteiger partial charge in [-0.2, -0.15) is 0 Å². The van der Waals surface area contributed by atoms with Crippen LogP contribution >= 0.6 is 0 Å². The molecule has 1 aromatic rings. The summed E-state index contributed by atoms with van der Waals surface area (Å²) >= 11 is 0. The molecule has 0 aliphatic carbocycles. The zero-order valence-corrected chi connectivity index (χ0v) is 14.7. The molecule has 0 heterocycles. The number of halogens is 3. The van der Waals surface area contributed by atoms with Crippen LogP contribution in [0.2, 0.25) is 0 Å². The van der Waals surface area contributed by atoms with Crippen molar-refractivity contribution >= 4 is 12.4 Å². The van der Waals surface area contributed by atoms with Crippen LogP contribution in [-0.4, -0.2) is 20.2 Å². The minimum atomic E-state index is -5.01. The van der Waals surface area contributed by atoms with Crippen LogP contribution in [0.4, 0.5) is 12.9 Å². The quantitative estimate of drug-likeness (QED) is 0.675. The van der Waals surface area contributed by atoms with Crippen molar-refractivity contribution in [1.82, 2.24) is 0 Å². The average molecular weight is 300 g/mol. The van der Waals surface area contributed by atoms with Gasteiger partial charge < -0.3 is 22.4 Å². The molecule has 0 atom stereocenters. The number of hydrogen-bond donors (Lipinski definition) is 0. The molecule has 0 amide bonds. The molecule has 102 valence electrons. The summed E-state index contributed by atoms with van der Waals surface area (Å²) in [5.41, 5.74) is -0.662. The molecule has 0 bridgehead atoms. The van der Waals surface area contributed by atoms with Crippen molar-refractivity contribution in [2.45, 2.75) is 26.7 Å².